The zero-order valence-corrected chi connectivity index (χ0v) is 13.8. The van der Waals surface area contributed by atoms with Gasteiger partial charge in [0.1, 0.15) is 6.04 Å². The normalized spacial score (nSPS) is 19.7. The number of carbonyl (C=O) groups excluding carboxylic acids is 1. The standard InChI is InChI=1S/C19H20N2O3/c1-3-14-19(22)21(12(2)13-7-5-4-6-8-13)16-10-18-17(23-11-24-18)9-15(16)20-14/h4-10,12,14,20H,3,11H2,1-2H3. The summed E-state index contributed by atoms with van der Waals surface area (Å²) in [5.74, 6) is 1.49. The molecule has 0 spiro atoms. The zero-order valence-electron chi connectivity index (χ0n) is 13.8. The van der Waals surface area contributed by atoms with Crippen LogP contribution >= 0.6 is 0 Å². The van der Waals surface area contributed by atoms with Crippen molar-refractivity contribution in [3.63, 3.8) is 0 Å². The highest BCUT2D eigenvalue weighted by Gasteiger charge is 2.36. The van der Waals surface area contributed by atoms with Gasteiger partial charge in [-0.1, -0.05) is 37.3 Å². The van der Waals surface area contributed by atoms with E-state index in [0.717, 1.165) is 29.1 Å². The van der Waals surface area contributed by atoms with Gasteiger partial charge < -0.3 is 19.7 Å². The summed E-state index contributed by atoms with van der Waals surface area (Å²) in [7, 11) is 0. The van der Waals surface area contributed by atoms with Gasteiger partial charge in [-0.2, -0.15) is 0 Å². The fourth-order valence-electron chi connectivity index (χ4n) is 3.34. The summed E-state index contributed by atoms with van der Waals surface area (Å²) in [5, 5.41) is 3.34. The van der Waals surface area contributed by atoms with Crippen LogP contribution in [-0.2, 0) is 4.79 Å². The minimum atomic E-state index is -0.232. The van der Waals surface area contributed by atoms with E-state index in [2.05, 4.69) is 12.2 Å². The van der Waals surface area contributed by atoms with Crippen molar-refractivity contribution in [2.24, 2.45) is 0 Å². The molecule has 2 aromatic carbocycles. The molecule has 2 atom stereocenters. The van der Waals surface area contributed by atoms with Gasteiger partial charge in [-0.05, 0) is 18.9 Å². The van der Waals surface area contributed by atoms with Gasteiger partial charge in [0.05, 0.1) is 17.4 Å². The molecule has 2 aliphatic rings. The highest BCUT2D eigenvalue weighted by molar-refractivity contribution is 6.06. The summed E-state index contributed by atoms with van der Waals surface area (Å²) >= 11 is 0. The van der Waals surface area contributed by atoms with Crippen molar-refractivity contribution in [3.8, 4) is 11.5 Å². The van der Waals surface area contributed by atoms with Crippen LogP contribution in [0.5, 0.6) is 11.5 Å². The molecule has 0 radical (unpaired) electrons. The maximum absolute atomic E-state index is 13.0. The van der Waals surface area contributed by atoms with Gasteiger partial charge in [0.2, 0.25) is 12.7 Å². The van der Waals surface area contributed by atoms with Crippen molar-refractivity contribution in [2.45, 2.75) is 32.4 Å². The molecule has 0 aromatic heterocycles. The van der Waals surface area contributed by atoms with Gasteiger partial charge in [-0.3, -0.25) is 4.79 Å². The Morgan fingerprint density at radius 1 is 1.21 bits per heavy atom. The van der Waals surface area contributed by atoms with Gasteiger partial charge in [0.25, 0.3) is 0 Å². The lowest BCUT2D eigenvalue weighted by Crippen LogP contribution is -2.47. The van der Waals surface area contributed by atoms with Crippen LogP contribution in [0, 0.1) is 0 Å². The fourth-order valence-corrected chi connectivity index (χ4v) is 3.34. The number of carbonyl (C=O) groups is 1. The smallest absolute Gasteiger partial charge is 0.250 e. The lowest BCUT2D eigenvalue weighted by atomic mass is 10.0. The number of benzene rings is 2. The number of ether oxygens (including phenoxy) is 2. The molecule has 1 N–H and O–H groups in total. The summed E-state index contributed by atoms with van der Waals surface area (Å²) in [6.07, 6.45) is 0.727. The van der Waals surface area contributed by atoms with Crippen LogP contribution in [0.3, 0.4) is 0 Å². The first-order valence-electron chi connectivity index (χ1n) is 8.27. The molecule has 0 fully saturated rings. The van der Waals surface area contributed by atoms with Crippen molar-refractivity contribution in [1.29, 1.82) is 0 Å². The molecule has 5 nitrogen and oxygen atoms in total. The molecule has 24 heavy (non-hydrogen) atoms. The Morgan fingerprint density at radius 2 is 1.92 bits per heavy atom. The van der Waals surface area contributed by atoms with Gasteiger partial charge >= 0.3 is 0 Å². The average Bonchev–Trinajstić information content (AvgIpc) is 3.07. The number of nitrogens with zero attached hydrogens (tertiary/aromatic N) is 1. The summed E-state index contributed by atoms with van der Waals surface area (Å²) in [6, 6.07) is 13.6. The van der Waals surface area contributed by atoms with E-state index < -0.39 is 0 Å². The predicted octanol–water partition coefficient (Wildman–Crippen LogP) is 3.71. The van der Waals surface area contributed by atoms with E-state index in [1.54, 1.807) is 0 Å². The van der Waals surface area contributed by atoms with Crippen LogP contribution in [0.1, 0.15) is 31.9 Å². The van der Waals surface area contributed by atoms with Crippen LogP contribution in [0.25, 0.3) is 0 Å². The monoisotopic (exact) mass is 324 g/mol. The van der Waals surface area contributed by atoms with E-state index in [1.807, 2.05) is 54.3 Å². The number of amides is 1. The molecule has 4 rings (SSSR count). The van der Waals surface area contributed by atoms with Gasteiger partial charge in [-0.15, -0.1) is 0 Å². The predicted molar refractivity (Wildman–Crippen MR) is 92.6 cm³/mol. The maximum atomic E-state index is 13.0. The topological polar surface area (TPSA) is 50.8 Å². The minimum Gasteiger partial charge on any atom is -0.454 e. The Bertz CT molecular complexity index is 776. The van der Waals surface area contributed by atoms with E-state index in [-0.39, 0.29) is 24.8 Å². The number of hydrogen-bond donors (Lipinski definition) is 1. The Morgan fingerprint density at radius 3 is 2.62 bits per heavy atom. The van der Waals surface area contributed by atoms with Crippen LogP contribution in [0.4, 0.5) is 11.4 Å². The van der Waals surface area contributed by atoms with E-state index in [0.29, 0.717) is 5.75 Å². The molecule has 2 aromatic rings. The largest absolute Gasteiger partial charge is 0.454 e. The third-order valence-electron chi connectivity index (χ3n) is 4.69. The second-order valence-corrected chi connectivity index (χ2v) is 6.12. The van der Waals surface area contributed by atoms with E-state index in [9.17, 15) is 4.79 Å². The highest BCUT2D eigenvalue weighted by atomic mass is 16.7. The third-order valence-corrected chi connectivity index (χ3v) is 4.69. The van der Waals surface area contributed by atoms with Crippen molar-refractivity contribution < 1.29 is 14.3 Å². The molecule has 0 aliphatic carbocycles. The molecule has 0 saturated carbocycles. The molecule has 0 bridgehead atoms. The second-order valence-electron chi connectivity index (χ2n) is 6.12. The minimum absolute atomic E-state index is 0.0611. The molecule has 2 unspecified atom stereocenters. The lowest BCUT2D eigenvalue weighted by Gasteiger charge is -2.39. The first-order valence-corrected chi connectivity index (χ1v) is 8.27. The Kier molecular flexibility index (Phi) is 3.56. The first kappa shape index (κ1) is 14.9. The molecular weight excluding hydrogens is 304 g/mol. The van der Waals surface area contributed by atoms with Crippen LogP contribution in [0.2, 0.25) is 0 Å². The molecule has 5 heteroatoms. The zero-order chi connectivity index (χ0) is 16.7. The Labute approximate surface area is 141 Å². The van der Waals surface area contributed by atoms with Crippen LogP contribution in [-0.4, -0.2) is 18.7 Å². The first-order chi connectivity index (χ1) is 11.7. The van der Waals surface area contributed by atoms with E-state index in [4.69, 9.17) is 9.47 Å². The van der Waals surface area contributed by atoms with E-state index >= 15 is 0 Å². The summed E-state index contributed by atoms with van der Waals surface area (Å²) in [5.41, 5.74) is 2.85. The molecule has 0 saturated heterocycles. The number of anilines is 2. The Hall–Kier alpha value is -2.69. The maximum Gasteiger partial charge on any atom is 0.250 e. The number of fused-ring (bicyclic) bond motifs is 2. The lowest BCUT2D eigenvalue weighted by molar-refractivity contribution is -0.120. The Balaban J connectivity index is 1.82. The number of nitrogens with one attached hydrogen (secondary N) is 1. The molecular formula is C19H20N2O3. The highest BCUT2D eigenvalue weighted by Crippen LogP contribution is 2.45. The SMILES string of the molecule is CCC1Nc2cc3c(cc2N(C(C)c2ccccc2)C1=O)OCO3. The molecule has 2 heterocycles. The van der Waals surface area contributed by atoms with Crippen molar-refractivity contribution >= 4 is 17.3 Å². The van der Waals surface area contributed by atoms with Crippen molar-refractivity contribution in [3.05, 3.63) is 48.0 Å². The number of hydrogen-bond acceptors (Lipinski definition) is 4. The van der Waals surface area contributed by atoms with Gasteiger partial charge in [-0.25, -0.2) is 0 Å². The van der Waals surface area contributed by atoms with Gasteiger partial charge in [0, 0.05) is 12.1 Å². The molecule has 2 aliphatic heterocycles. The van der Waals surface area contributed by atoms with E-state index in [1.165, 1.54) is 0 Å². The van der Waals surface area contributed by atoms with Crippen LogP contribution in [0.15, 0.2) is 42.5 Å². The van der Waals surface area contributed by atoms with Crippen LogP contribution < -0.4 is 19.7 Å². The molecule has 1 amide bonds. The number of rotatable bonds is 3. The average molecular weight is 324 g/mol. The van der Waals surface area contributed by atoms with Crippen molar-refractivity contribution in [1.82, 2.24) is 0 Å². The summed E-state index contributed by atoms with van der Waals surface area (Å²) < 4.78 is 11.0. The summed E-state index contributed by atoms with van der Waals surface area (Å²) in [6.45, 7) is 4.29. The summed E-state index contributed by atoms with van der Waals surface area (Å²) in [4.78, 5) is 14.9. The van der Waals surface area contributed by atoms with Gasteiger partial charge in [0.15, 0.2) is 11.5 Å². The molecule has 124 valence electrons. The van der Waals surface area contributed by atoms with Crippen molar-refractivity contribution in [2.75, 3.05) is 17.0 Å². The second kappa shape index (κ2) is 5.74. The third kappa shape index (κ3) is 2.28. The fraction of sp³-hybridized carbons (Fsp3) is 0.316. The quantitative estimate of drug-likeness (QED) is 0.935.